The molecule has 7 nitrogen and oxygen atoms in total. The maximum Gasteiger partial charge on any atom is 0.259 e. The van der Waals surface area contributed by atoms with Gasteiger partial charge in [-0.1, -0.05) is 30.5 Å². The van der Waals surface area contributed by atoms with E-state index in [-0.39, 0.29) is 24.4 Å². The SMILES string of the molecule is Cc1noc2nc(-c3cccs3)cc(C(=O)N(C)CC(=O)N(C)C3CCCCC3)c12. The Labute approximate surface area is 179 Å². The average molecular weight is 427 g/mol. The molecule has 3 aromatic heterocycles. The highest BCUT2D eigenvalue weighted by Gasteiger charge is 2.26. The lowest BCUT2D eigenvalue weighted by Crippen LogP contribution is -2.44. The van der Waals surface area contributed by atoms with Gasteiger partial charge in [-0.3, -0.25) is 9.59 Å². The molecule has 158 valence electrons. The largest absolute Gasteiger partial charge is 0.341 e. The number of aryl methyl sites for hydroxylation is 1. The van der Waals surface area contributed by atoms with Crippen molar-refractivity contribution in [2.75, 3.05) is 20.6 Å². The second-order valence-electron chi connectivity index (χ2n) is 7.94. The number of thiophene rings is 1. The van der Waals surface area contributed by atoms with Gasteiger partial charge in [0.2, 0.25) is 5.91 Å². The summed E-state index contributed by atoms with van der Waals surface area (Å²) in [5, 5.41) is 6.55. The summed E-state index contributed by atoms with van der Waals surface area (Å²) in [7, 11) is 3.51. The van der Waals surface area contributed by atoms with Crippen molar-refractivity contribution < 1.29 is 14.1 Å². The molecule has 0 bridgehead atoms. The van der Waals surface area contributed by atoms with E-state index in [0.717, 1.165) is 30.6 Å². The minimum absolute atomic E-state index is 0.0360. The fraction of sp³-hybridized carbons (Fsp3) is 0.455. The lowest BCUT2D eigenvalue weighted by Gasteiger charge is -2.32. The fourth-order valence-electron chi connectivity index (χ4n) is 4.08. The van der Waals surface area contributed by atoms with E-state index >= 15 is 0 Å². The predicted octanol–water partition coefficient (Wildman–Crippen LogP) is 4.12. The first-order valence-electron chi connectivity index (χ1n) is 10.3. The molecule has 4 rings (SSSR count). The van der Waals surface area contributed by atoms with E-state index in [1.54, 1.807) is 31.4 Å². The Hall–Kier alpha value is -2.74. The Morgan fingerprint density at radius 2 is 2.00 bits per heavy atom. The number of hydrogen-bond donors (Lipinski definition) is 0. The molecule has 0 unspecified atom stereocenters. The molecule has 0 radical (unpaired) electrons. The molecule has 0 spiro atoms. The average Bonchev–Trinajstić information content (AvgIpc) is 3.43. The van der Waals surface area contributed by atoms with Crippen LogP contribution in [0, 0.1) is 6.92 Å². The van der Waals surface area contributed by atoms with Crippen LogP contribution in [0.1, 0.15) is 48.2 Å². The highest BCUT2D eigenvalue weighted by Crippen LogP contribution is 2.30. The Morgan fingerprint density at radius 3 is 2.70 bits per heavy atom. The second kappa shape index (κ2) is 8.55. The standard InChI is InChI=1S/C22H26N4O3S/c1-14-20-16(12-17(18-10-7-11-30-18)23-21(20)29-24-14)22(28)25(2)13-19(27)26(3)15-8-5-4-6-9-15/h7,10-12,15H,4-6,8-9,13H2,1-3H3. The topological polar surface area (TPSA) is 79.5 Å². The Balaban J connectivity index is 1.58. The number of carbonyl (C=O) groups is 2. The lowest BCUT2D eigenvalue weighted by atomic mass is 9.94. The first-order valence-corrected chi connectivity index (χ1v) is 11.2. The molecule has 2 amide bonds. The molecule has 1 saturated carbocycles. The molecule has 3 aromatic rings. The molecule has 1 fully saturated rings. The van der Waals surface area contributed by atoms with Crippen molar-refractivity contribution in [3.63, 3.8) is 0 Å². The highest BCUT2D eigenvalue weighted by molar-refractivity contribution is 7.13. The zero-order chi connectivity index (χ0) is 21.3. The first-order chi connectivity index (χ1) is 14.5. The number of aromatic nitrogens is 2. The third-order valence-corrected chi connectivity index (χ3v) is 6.75. The third-order valence-electron chi connectivity index (χ3n) is 5.86. The Kier molecular flexibility index (Phi) is 5.85. The van der Waals surface area contributed by atoms with Crippen LogP contribution >= 0.6 is 11.3 Å². The maximum atomic E-state index is 13.3. The molecule has 0 atom stereocenters. The number of fused-ring (bicyclic) bond motifs is 1. The van der Waals surface area contributed by atoms with E-state index in [0.29, 0.717) is 28.1 Å². The highest BCUT2D eigenvalue weighted by atomic mass is 32.1. The molecule has 8 heteroatoms. The van der Waals surface area contributed by atoms with Crippen molar-refractivity contribution in [2.24, 2.45) is 0 Å². The summed E-state index contributed by atoms with van der Waals surface area (Å²) in [4.78, 5) is 34.9. The van der Waals surface area contributed by atoms with Crippen molar-refractivity contribution in [1.82, 2.24) is 19.9 Å². The van der Waals surface area contributed by atoms with Gasteiger partial charge in [0.05, 0.1) is 33.8 Å². The van der Waals surface area contributed by atoms with Crippen LogP contribution < -0.4 is 0 Å². The van der Waals surface area contributed by atoms with Crippen molar-refractivity contribution >= 4 is 34.3 Å². The smallest absolute Gasteiger partial charge is 0.259 e. The van der Waals surface area contributed by atoms with Crippen LogP contribution in [0.3, 0.4) is 0 Å². The number of pyridine rings is 1. The summed E-state index contributed by atoms with van der Waals surface area (Å²) >= 11 is 1.54. The van der Waals surface area contributed by atoms with Crippen LogP contribution in [0.5, 0.6) is 0 Å². The number of nitrogens with zero attached hydrogens (tertiary/aromatic N) is 4. The van der Waals surface area contributed by atoms with E-state index in [2.05, 4.69) is 10.1 Å². The van der Waals surface area contributed by atoms with Crippen molar-refractivity contribution in [3.05, 3.63) is 34.8 Å². The van der Waals surface area contributed by atoms with Crippen LogP contribution in [0.4, 0.5) is 0 Å². The molecule has 0 N–H and O–H groups in total. The van der Waals surface area contributed by atoms with Gasteiger partial charge < -0.3 is 14.3 Å². The zero-order valence-corrected chi connectivity index (χ0v) is 18.4. The molecule has 0 aliphatic heterocycles. The third kappa shape index (κ3) is 3.96. The number of likely N-dealkylation sites (N-methyl/N-ethyl adjacent to an activating group) is 2. The molecule has 3 heterocycles. The van der Waals surface area contributed by atoms with Crippen LogP contribution in [0.2, 0.25) is 0 Å². The summed E-state index contributed by atoms with van der Waals surface area (Å²) in [6.45, 7) is 1.82. The van der Waals surface area contributed by atoms with Crippen molar-refractivity contribution in [1.29, 1.82) is 0 Å². The molecule has 1 aliphatic carbocycles. The van der Waals surface area contributed by atoms with Gasteiger partial charge in [-0.2, -0.15) is 0 Å². The van der Waals surface area contributed by atoms with Crippen molar-refractivity contribution in [2.45, 2.75) is 45.1 Å². The van der Waals surface area contributed by atoms with Crippen LogP contribution in [0.25, 0.3) is 21.7 Å². The normalized spacial score (nSPS) is 14.8. The van der Waals surface area contributed by atoms with Gasteiger partial charge in [-0.15, -0.1) is 11.3 Å². The van der Waals surface area contributed by atoms with Gasteiger partial charge >= 0.3 is 0 Å². The van der Waals surface area contributed by atoms with Gasteiger partial charge in [0, 0.05) is 20.1 Å². The quantitative estimate of drug-likeness (QED) is 0.613. The van der Waals surface area contributed by atoms with Gasteiger partial charge in [0.15, 0.2) is 0 Å². The second-order valence-corrected chi connectivity index (χ2v) is 8.89. The fourth-order valence-corrected chi connectivity index (χ4v) is 4.76. The van der Waals surface area contributed by atoms with E-state index < -0.39 is 0 Å². The summed E-state index contributed by atoms with van der Waals surface area (Å²) in [6.07, 6.45) is 5.62. The number of rotatable bonds is 5. The lowest BCUT2D eigenvalue weighted by molar-refractivity contribution is -0.133. The van der Waals surface area contributed by atoms with E-state index in [1.165, 1.54) is 11.3 Å². The summed E-state index contributed by atoms with van der Waals surface area (Å²) in [5.74, 6) is -0.277. The minimum atomic E-state index is -0.239. The van der Waals surface area contributed by atoms with Gasteiger partial charge in [0.25, 0.3) is 11.6 Å². The summed E-state index contributed by atoms with van der Waals surface area (Å²) in [6, 6.07) is 5.92. The monoisotopic (exact) mass is 426 g/mol. The Bertz CT molecular complexity index is 1050. The molecule has 0 aromatic carbocycles. The van der Waals surface area contributed by atoms with E-state index in [9.17, 15) is 9.59 Å². The molecular formula is C22H26N4O3S. The van der Waals surface area contributed by atoms with Crippen LogP contribution in [0.15, 0.2) is 28.1 Å². The summed E-state index contributed by atoms with van der Waals surface area (Å²) in [5.41, 5.74) is 2.06. The van der Waals surface area contributed by atoms with E-state index in [4.69, 9.17) is 4.52 Å². The minimum Gasteiger partial charge on any atom is -0.341 e. The zero-order valence-electron chi connectivity index (χ0n) is 17.6. The predicted molar refractivity (Wildman–Crippen MR) is 116 cm³/mol. The van der Waals surface area contributed by atoms with Crippen molar-refractivity contribution in [3.8, 4) is 10.6 Å². The maximum absolute atomic E-state index is 13.3. The number of amides is 2. The van der Waals surface area contributed by atoms with Gasteiger partial charge in [-0.25, -0.2) is 4.98 Å². The first kappa shape index (κ1) is 20.5. The molecule has 1 aliphatic rings. The van der Waals surface area contributed by atoms with Crippen LogP contribution in [-0.2, 0) is 4.79 Å². The van der Waals surface area contributed by atoms with E-state index in [1.807, 2.05) is 29.5 Å². The number of carbonyl (C=O) groups excluding carboxylic acids is 2. The molecule has 30 heavy (non-hydrogen) atoms. The van der Waals surface area contributed by atoms with Gasteiger partial charge in [0.1, 0.15) is 0 Å². The molecular weight excluding hydrogens is 400 g/mol. The Morgan fingerprint density at radius 1 is 1.23 bits per heavy atom. The van der Waals surface area contributed by atoms with Gasteiger partial charge in [-0.05, 0) is 37.3 Å². The summed E-state index contributed by atoms with van der Waals surface area (Å²) < 4.78 is 5.35. The number of hydrogen-bond acceptors (Lipinski definition) is 6. The van der Waals surface area contributed by atoms with Crippen LogP contribution in [-0.4, -0.2) is 58.4 Å². The molecule has 0 saturated heterocycles.